The molecule has 0 saturated heterocycles. The number of amides is 2. The Balaban J connectivity index is 2.01. The normalized spacial score (nSPS) is 12.0. The monoisotopic (exact) mass is 375 g/mol. The number of likely N-dealkylation sites (N-methyl/N-ethyl adjacent to an activating group) is 1. The number of rotatable bonds is 6. The summed E-state index contributed by atoms with van der Waals surface area (Å²) in [5.41, 5.74) is 1.56. The second kappa shape index (κ2) is 8.73. The summed E-state index contributed by atoms with van der Waals surface area (Å²) in [5.74, 6) is -2.25. The molecule has 2 aromatic rings. The molecule has 0 bridgehead atoms. The summed E-state index contributed by atoms with van der Waals surface area (Å²) in [6.45, 7) is 1.85. The molecule has 0 fully saturated rings. The molecule has 5 nitrogen and oxygen atoms in total. The lowest BCUT2D eigenvalue weighted by atomic mass is 10.1. The van der Waals surface area contributed by atoms with E-state index in [9.17, 15) is 18.4 Å². The van der Waals surface area contributed by atoms with Crippen molar-refractivity contribution in [1.29, 1.82) is 0 Å². The van der Waals surface area contributed by atoms with Gasteiger partial charge in [0, 0.05) is 31.4 Å². The highest BCUT2D eigenvalue weighted by Gasteiger charge is 2.17. The molecule has 0 aromatic heterocycles. The molecule has 2 amide bonds. The van der Waals surface area contributed by atoms with E-state index in [1.54, 1.807) is 57.2 Å². The zero-order valence-corrected chi connectivity index (χ0v) is 15.8. The molecule has 0 spiro atoms. The van der Waals surface area contributed by atoms with E-state index in [4.69, 9.17) is 0 Å². The summed E-state index contributed by atoms with van der Waals surface area (Å²) in [6, 6.07) is 10.1. The van der Waals surface area contributed by atoms with Crippen LogP contribution in [0.1, 0.15) is 28.9 Å². The summed E-state index contributed by atoms with van der Waals surface area (Å²) in [4.78, 5) is 27.5. The van der Waals surface area contributed by atoms with Crippen molar-refractivity contribution < 1.29 is 18.4 Å². The minimum atomic E-state index is -0.917. The predicted octanol–water partition coefficient (Wildman–Crippen LogP) is 3.30. The molecular weight excluding hydrogens is 352 g/mol. The van der Waals surface area contributed by atoms with E-state index in [0.717, 1.165) is 12.1 Å². The molecule has 144 valence electrons. The van der Waals surface area contributed by atoms with Crippen LogP contribution >= 0.6 is 0 Å². The van der Waals surface area contributed by atoms with Crippen LogP contribution in [0.3, 0.4) is 0 Å². The molecule has 2 aromatic carbocycles. The van der Waals surface area contributed by atoms with Gasteiger partial charge in [0.15, 0.2) is 11.6 Å². The van der Waals surface area contributed by atoms with Crippen LogP contribution in [0.5, 0.6) is 0 Å². The molecule has 1 unspecified atom stereocenters. The number of carbonyl (C=O) groups excluding carboxylic acids is 2. The van der Waals surface area contributed by atoms with Crippen LogP contribution in [0.2, 0.25) is 0 Å². The van der Waals surface area contributed by atoms with E-state index in [2.05, 4.69) is 5.32 Å². The number of halogens is 2. The van der Waals surface area contributed by atoms with E-state index in [1.807, 2.05) is 0 Å². The lowest BCUT2D eigenvalue weighted by molar-refractivity contribution is -0.117. The van der Waals surface area contributed by atoms with Crippen LogP contribution < -0.4 is 5.32 Å². The number of nitrogens with zero attached hydrogens (tertiary/aromatic N) is 2. The van der Waals surface area contributed by atoms with Gasteiger partial charge >= 0.3 is 0 Å². The van der Waals surface area contributed by atoms with Gasteiger partial charge in [0.2, 0.25) is 5.91 Å². The molecule has 7 heteroatoms. The highest BCUT2D eigenvalue weighted by Crippen LogP contribution is 2.21. The Kier molecular flexibility index (Phi) is 6.63. The highest BCUT2D eigenvalue weighted by atomic mass is 19.2. The lowest BCUT2D eigenvalue weighted by Crippen LogP contribution is -2.32. The lowest BCUT2D eigenvalue weighted by Gasteiger charge is -2.24. The van der Waals surface area contributed by atoms with E-state index < -0.39 is 11.6 Å². The number of benzene rings is 2. The van der Waals surface area contributed by atoms with Crippen LogP contribution in [0, 0.1) is 11.6 Å². The van der Waals surface area contributed by atoms with Crippen LogP contribution in [0.25, 0.3) is 0 Å². The van der Waals surface area contributed by atoms with Gasteiger partial charge in [-0.05, 0) is 49.9 Å². The largest absolute Gasteiger partial charge is 0.345 e. The number of hydrogen-bond donors (Lipinski definition) is 1. The van der Waals surface area contributed by atoms with Crippen molar-refractivity contribution in [2.45, 2.75) is 13.0 Å². The average Bonchev–Trinajstić information content (AvgIpc) is 2.62. The van der Waals surface area contributed by atoms with Crippen molar-refractivity contribution in [2.24, 2.45) is 0 Å². The Labute approximate surface area is 157 Å². The smallest absolute Gasteiger partial charge is 0.253 e. The van der Waals surface area contributed by atoms with Gasteiger partial charge in [-0.2, -0.15) is 0 Å². The van der Waals surface area contributed by atoms with Crippen molar-refractivity contribution >= 4 is 17.5 Å². The van der Waals surface area contributed by atoms with Crippen LogP contribution in [-0.4, -0.2) is 49.3 Å². The molecular formula is C20H23F2N3O2. The maximum atomic E-state index is 13.4. The first-order valence-electron chi connectivity index (χ1n) is 8.45. The van der Waals surface area contributed by atoms with Crippen LogP contribution in [0.15, 0.2) is 42.5 Å². The van der Waals surface area contributed by atoms with Crippen molar-refractivity contribution in [3.05, 3.63) is 65.2 Å². The van der Waals surface area contributed by atoms with Crippen molar-refractivity contribution in [1.82, 2.24) is 9.80 Å². The zero-order valence-electron chi connectivity index (χ0n) is 15.8. The molecule has 0 saturated carbocycles. The minimum absolute atomic E-state index is 0.0476. The van der Waals surface area contributed by atoms with Gasteiger partial charge in [-0.25, -0.2) is 8.78 Å². The minimum Gasteiger partial charge on any atom is -0.345 e. The second-order valence-corrected chi connectivity index (χ2v) is 6.59. The van der Waals surface area contributed by atoms with Gasteiger partial charge in [-0.1, -0.05) is 12.1 Å². The SMILES string of the molecule is CC(c1ccc(F)c(F)c1)N(C)CC(=O)Nc1cccc(C(=O)N(C)C)c1. The van der Waals surface area contributed by atoms with Crippen LogP contribution in [-0.2, 0) is 4.79 Å². The van der Waals surface area contributed by atoms with E-state index >= 15 is 0 Å². The zero-order chi connectivity index (χ0) is 20.1. The fourth-order valence-electron chi connectivity index (χ4n) is 2.58. The average molecular weight is 375 g/mol. The van der Waals surface area contributed by atoms with Crippen molar-refractivity contribution in [3.63, 3.8) is 0 Å². The second-order valence-electron chi connectivity index (χ2n) is 6.59. The maximum absolute atomic E-state index is 13.4. The molecule has 27 heavy (non-hydrogen) atoms. The van der Waals surface area contributed by atoms with E-state index in [1.165, 1.54) is 11.0 Å². The first-order chi connectivity index (χ1) is 12.7. The molecule has 2 rings (SSSR count). The van der Waals surface area contributed by atoms with Gasteiger partial charge in [0.25, 0.3) is 5.91 Å². The highest BCUT2D eigenvalue weighted by molar-refractivity contribution is 5.97. The van der Waals surface area contributed by atoms with Gasteiger partial charge in [0.05, 0.1) is 6.54 Å². The van der Waals surface area contributed by atoms with Gasteiger partial charge in [-0.15, -0.1) is 0 Å². The van der Waals surface area contributed by atoms with Crippen molar-refractivity contribution in [2.75, 3.05) is 33.0 Å². The summed E-state index contributed by atoms with van der Waals surface area (Å²) in [5, 5.41) is 2.75. The molecule has 0 aliphatic carbocycles. The summed E-state index contributed by atoms with van der Waals surface area (Å²) in [7, 11) is 5.03. The van der Waals surface area contributed by atoms with Crippen molar-refractivity contribution in [3.8, 4) is 0 Å². The van der Waals surface area contributed by atoms with Crippen LogP contribution in [0.4, 0.5) is 14.5 Å². The summed E-state index contributed by atoms with van der Waals surface area (Å²) >= 11 is 0. The number of carbonyl (C=O) groups is 2. The molecule has 0 radical (unpaired) electrons. The Bertz CT molecular complexity index is 840. The third-order valence-corrected chi connectivity index (χ3v) is 4.28. The van der Waals surface area contributed by atoms with E-state index in [0.29, 0.717) is 16.8 Å². The maximum Gasteiger partial charge on any atom is 0.253 e. The third kappa shape index (κ3) is 5.34. The molecule has 0 aliphatic rings. The Morgan fingerprint density at radius 1 is 1.04 bits per heavy atom. The first-order valence-corrected chi connectivity index (χ1v) is 8.45. The Morgan fingerprint density at radius 3 is 2.37 bits per heavy atom. The number of nitrogens with one attached hydrogen (secondary N) is 1. The molecule has 0 aliphatic heterocycles. The van der Waals surface area contributed by atoms with Gasteiger partial charge < -0.3 is 10.2 Å². The summed E-state index contributed by atoms with van der Waals surface area (Å²) in [6.07, 6.45) is 0. The quantitative estimate of drug-likeness (QED) is 0.843. The predicted molar refractivity (Wildman–Crippen MR) is 100 cm³/mol. The van der Waals surface area contributed by atoms with Gasteiger partial charge in [0.1, 0.15) is 0 Å². The molecule has 0 heterocycles. The van der Waals surface area contributed by atoms with Gasteiger partial charge in [-0.3, -0.25) is 14.5 Å². The number of anilines is 1. The third-order valence-electron chi connectivity index (χ3n) is 4.28. The summed E-state index contributed by atoms with van der Waals surface area (Å²) < 4.78 is 26.5. The Hall–Kier alpha value is -2.80. The number of hydrogen-bond acceptors (Lipinski definition) is 3. The fourth-order valence-corrected chi connectivity index (χ4v) is 2.58. The molecule has 1 N–H and O–H groups in total. The standard InChI is InChI=1S/C20H23F2N3O2/c1-13(14-8-9-17(21)18(22)11-14)25(4)12-19(26)23-16-7-5-6-15(10-16)20(27)24(2)3/h5-11,13H,12H2,1-4H3,(H,23,26). The van der Waals surface area contributed by atoms with E-state index in [-0.39, 0.29) is 24.4 Å². The fraction of sp³-hybridized carbons (Fsp3) is 0.300. The first kappa shape index (κ1) is 20.5. The molecule has 1 atom stereocenters. The Morgan fingerprint density at radius 2 is 1.74 bits per heavy atom. The topological polar surface area (TPSA) is 52.7 Å².